The molecule has 0 radical (unpaired) electrons. The number of nitrogens with zero attached hydrogens (tertiary/aromatic N) is 3. The molecule has 1 amide bonds. The third-order valence-electron chi connectivity index (χ3n) is 6.08. The molecule has 1 N–H and O–H groups in total. The average molecular weight is 511 g/mol. The van der Waals surface area contributed by atoms with Gasteiger partial charge in [0.2, 0.25) is 10.0 Å². The van der Waals surface area contributed by atoms with Crippen molar-refractivity contribution in [3.63, 3.8) is 0 Å². The Hall–Kier alpha value is -3.96. The molecule has 0 atom stereocenters. The molecule has 1 aliphatic heterocycles. The average Bonchev–Trinajstić information content (AvgIpc) is 2.89. The second-order valence-corrected chi connectivity index (χ2v) is 10.2. The van der Waals surface area contributed by atoms with Crippen LogP contribution in [0.1, 0.15) is 15.9 Å². The van der Waals surface area contributed by atoms with Crippen molar-refractivity contribution in [2.24, 2.45) is 0 Å². The van der Waals surface area contributed by atoms with Gasteiger partial charge in [0.1, 0.15) is 5.75 Å². The molecule has 10 nitrogen and oxygen atoms in total. The number of carbonyl (C=O) groups is 1. The van der Waals surface area contributed by atoms with Gasteiger partial charge in [-0.2, -0.15) is 4.31 Å². The number of nitro groups is 1. The van der Waals surface area contributed by atoms with E-state index in [1.807, 2.05) is 24.3 Å². The molecule has 0 aliphatic carbocycles. The summed E-state index contributed by atoms with van der Waals surface area (Å²) in [5.74, 6) is 0.216. The maximum atomic E-state index is 13.2. The number of ether oxygens (including phenoxy) is 1. The predicted octanol–water partition coefficient (Wildman–Crippen LogP) is 3.68. The van der Waals surface area contributed by atoms with Crippen molar-refractivity contribution < 1.29 is 22.9 Å². The van der Waals surface area contributed by atoms with E-state index in [1.165, 1.54) is 46.8 Å². The molecule has 0 spiro atoms. The van der Waals surface area contributed by atoms with Crippen molar-refractivity contribution in [1.29, 1.82) is 0 Å². The quantitative estimate of drug-likeness (QED) is 0.380. The number of hydrogen-bond acceptors (Lipinski definition) is 7. The Balaban J connectivity index is 1.42. The van der Waals surface area contributed by atoms with Crippen molar-refractivity contribution in [2.45, 2.75) is 11.8 Å². The van der Waals surface area contributed by atoms with E-state index >= 15 is 0 Å². The Morgan fingerprint density at radius 3 is 2.31 bits per heavy atom. The number of sulfonamides is 1. The summed E-state index contributed by atoms with van der Waals surface area (Å²) in [5, 5.41) is 13.8. The number of amides is 1. The summed E-state index contributed by atoms with van der Waals surface area (Å²) in [5.41, 5.74) is 1.75. The van der Waals surface area contributed by atoms with Gasteiger partial charge in [-0.3, -0.25) is 14.9 Å². The fourth-order valence-corrected chi connectivity index (χ4v) is 5.49. The van der Waals surface area contributed by atoms with Crippen LogP contribution < -0.4 is 15.0 Å². The van der Waals surface area contributed by atoms with E-state index in [-0.39, 0.29) is 16.1 Å². The lowest BCUT2D eigenvalue weighted by molar-refractivity contribution is -0.385. The van der Waals surface area contributed by atoms with E-state index in [9.17, 15) is 23.3 Å². The van der Waals surface area contributed by atoms with Crippen molar-refractivity contribution in [3.05, 3.63) is 88.0 Å². The Morgan fingerprint density at radius 1 is 1.00 bits per heavy atom. The summed E-state index contributed by atoms with van der Waals surface area (Å²) in [4.78, 5) is 25.4. The highest BCUT2D eigenvalue weighted by Crippen LogP contribution is 2.29. The zero-order valence-electron chi connectivity index (χ0n) is 19.9. The first-order valence-corrected chi connectivity index (χ1v) is 12.7. The minimum atomic E-state index is -3.71. The van der Waals surface area contributed by atoms with Gasteiger partial charge in [-0.15, -0.1) is 0 Å². The van der Waals surface area contributed by atoms with Crippen molar-refractivity contribution in [1.82, 2.24) is 4.31 Å². The van der Waals surface area contributed by atoms with Crippen LogP contribution in [0, 0.1) is 17.0 Å². The maximum absolute atomic E-state index is 13.2. The molecule has 4 rings (SSSR count). The van der Waals surface area contributed by atoms with Crippen LogP contribution >= 0.6 is 0 Å². The number of nitrogens with one attached hydrogen (secondary N) is 1. The summed E-state index contributed by atoms with van der Waals surface area (Å²) in [6.45, 7) is 3.29. The lowest BCUT2D eigenvalue weighted by Crippen LogP contribution is -2.48. The molecule has 0 bridgehead atoms. The lowest BCUT2D eigenvalue weighted by Gasteiger charge is -2.35. The number of rotatable bonds is 7. The zero-order chi connectivity index (χ0) is 25.9. The van der Waals surface area contributed by atoms with E-state index < -0.39 is 20.9 Å². The topological polar surface area (TPSA) is 122 Å². The number of carbonyl (C=O) groups excluding carboxylic acids is 1. The zero-order valence-corrected chi connectivity index (χ0v) is 20.7. The molecule has 11 heteroatoms. The molecule has 1 heterocycles. The van der Waals surface area contributed by atoms with Gasteiger partial charge < -0.3 is 15.0 Å². The number of para-hydroxylation sites is 2. The Kier molecular flexibility index (Phi) is 7.22. The van der Waals surface area contributed by atoms with Crippen LogP contribution in [0.25, 0.3) is 0 Å². The summed E-state index contributed by atoms with van der Waals surface area (Å²) < 4.78 is 33.2. The number of aryl methyl sites for hydroxylation is 1. The molecule has 1 fully saturated rings. The van der Waals surface area contributed by atoms with Gasteiger partial charge in [-0.1, -0.05) is 18.2 Å². The Bertz CT molecular complexity index is 1380. The summed E-state index contributed by atoms with van der Waals surface area (Å²) in [6, 6.07) is 17.7. The summed E-state index contributed by atoms with van der Waals surface area (Å²) >= 11 is 0. The molecule has 0 saturated carbocycles. The standard InChI is InChI=1S/C25H26N4O6S/c1-18-7-8-19(17-23(18)29(31)32)25(30)26-20-9-11-21(12-10-20)36(33,34)28-15-13-27(14-16-28)22-5-3-4-6-24(22)35-2/h3-12,17H,13-16H2,1-2H3,(H,26,30). The fourth-order valence-electron chi connectivity index (χ4n) is 4.07. The smallest absolute Gasteiger partial charge is 0.273 e. The first-order valence-electron chi connectivity index (χ1n) is 11.3. The number of nitro benzene ring substituents is 1. The third-order valence-corrected chi connectivity index (χ3v) is 8.00. The minimum Gasteiger partial charge on any atom is -0.495 e. The van der Waals surface area contributed by atoms with Crippen LogP contribution in [0.2, 0.25) is 0 Å². The summed E-state index contributed by atoms with van der Waals surface area (Å²) in [6.07, 6.45) is 0. The third kappa shape index (κ3) is 5.16. The van der Waals surface area contributed by atoms with Crippen LogP contribution in [0.3, 0.4) is 0 Å². The monoisotopic (exact) mass is 510 g/mol. The Labute approximate surface area is 209 Å². The van der Waals surface area contributed by atoms with Gasteiger partial charge >= 0.3 is 0 Å². The largest absolute Gasteiger partial charge is 0.495 e. The second-order valence-electron chi connectivity index (χ2n) is 8.30. The van der Waals surface area contributed by atoms with Crippen LogP contribution in [-0.4, -0.2) is 56.8 Å². The van der Waals surface area contributed by atoms with Crippen molar-refractivity contribution in [3.8, 4) is 5.75 Å². The van der Waals surface area contributed by atoms with Gasteiger partial charge in [0.05, 0.1) is 22.6 Å². The minimum absolute atomic E-state index is 0.122. The summed E-state index contributed by atoms with van der Waals surface area (Å²) in [7, 11) is -2.11. The van der Waals surface area contributed by atoms with Crippen LogP contribution in [-0.2, 0) is 10.0 Å². The predicted molar refractivity (Wildman–Crippen MR) is 136 cm³/mol. The van der Waals surface area contributed by atoms with Gasteiger partial charge in [0.15, 0.2) is 0 Å². The van der Waals surface area contributed by atoms with Crippen LogP contribution in [0.4, 0.5) is 17.1 Å². The van der Waals surface area contributed by atoms with Crippen LogP contribution in [0.15, 0.2) is 71.6 Å². The van der Waals surface area contributed by atoms with E-state index in [0.29, 0.717) is 37.4 Å². The highest BCUT2D eigenvalue weighted by molar-refractivity contribution is 7.89. The van der Waals surface area contributed by atoms with Gasteiger partial charge in [0.25, 0.3) is 11.6 Å². The molecular formula is C25H26N4O6S. The van der Waals surface area contributed by atoms with Crippen molar-refractivity contribution >= 4 is 33.0 Å². The van der Waals surface area contributed by atoms with Gasteiger partial charge in [-0.25, -0.2) is 8.42 Å². The highest BCUT2D eigenvalue weighted by atomic mass is 32.2. The normalized spacial score (nSPS) is 14.3. The molecule has 1 aliphatic rings. The first-order chi connectivity index (χ1) is 17.2. The van der Waals surface area contributed by atoms with Crippen molar-refractivity contribution in [2.75, 3.05) is 43.5 Å². The van der Waals surface area contributed by atoms with Gasteiger partial charge in [0, 0.05) is 49.1 Å². The second kappa shape index (κ2) is 10.3. The number of anilines is 2. The molecular weight excluding hydrogens is 484 g/mol. The van der Waals surface area contributed by atoms with Crippen LogP contribution in [0.5, 0.6) is 5.75 Å². The Morgan fingerprint density at radius 2 is 1.67 bits per heavy atom. The number of benzene rings is 3. The maximum Gasteiger partial charge on any atom is 0.273 e. The van der Waals surface area contributed by atoms with E-state index in [0.717, 1.165) is 11.4 Å². The molecule has 3 aromatic carbocycles. The molecule has 188 valence electrons. The van der Waals surface area contributed by atoms with Gasteiger partial charge in [-0.05, 0) is 49.4 Å². The molecule has 0 aromatic heterocycles. The number of hydrogen-bond donors (Lipinski definition) is 1. The van der Waals surface area contributed by atoms with E-state index in [4.69, 9.17) is 4.74 Å². The molecule has 3 aromatic rings. The molecule has 36 heavy (non-hydrogen) atoms. The number of methoxy groups -OCH3 is 1. The molecule has 1 saturated heterocycles. The van der Waals surface area contributed by atoms with E-state index in [2.05, 4.69) is 10.2 Å². The lowest BCUT2D eigenvalue weighted by atomic mass is 10.1. The fraction of sp³-hybridized carbons (Fsp3) is 0.240. The number of piperazine rings is 1. The molecule has 0 unspecified atom stereocenters. The first kappa shape index (κ1) is 25.1. The SMILES string of the molecule is COc1ccccc1N1CCN(S(=O)(=O)c2ccc(NC(=O)c3ccc(C)c([N+](=O)[O-])c3)cc2)CC1. The highest BCUT2D eigenvalue weighted by Gasteiger charge is 2.29. The van der Waals surface area contributed by atoms with E-state index in [1.54, 1.807) is 14.0 Å².